The zero-order chi connectivity index (χ0) is 21.5. The van der Waals surface area contributed by atoms with Gasteiger partial charge in [0.25, 0.3) is 11.8 Å². The van der Waals surface area contributed by atoms with Crippen molar-refractivity contribution in [1.82, 2.24) is 15.5 Å². The van der Waals surface area contributed by atoms with Crippen LogP contribution >= 0.6 is 27.3 Å². The van der Waals surface area contributed by atoms with E-state index in [4.69, 9.17) is 9.47 Å². The summed E-state index contributed by atoms with van der Waals surface area (Å²) in [6.07, 6.45) is 0.499. The van der Waals surface area contributed by atoms with E-state index in [0.29, 0.717) is 45.7 Å². The molecule has 156 valence electrons. The van der Waals surface area contributed by atoms with Gasteiger partial charge in [-0.1, -0.05) is 33.3 Å². The molecule has 0 radical (unpaired) electrons. The Morgan fingerprint density at radius 3 is 2.63 bits per heavy atom. The molecule has 0 aliphatic heterocycles. The molecule has 8 nitrogen and oxygen atoms in total. The van der Waals surface area contributed by atoms with E-state index in [-0.39, 0.29) is 11.8 Å². The monoisotopic (exact) mass is 490 g/mol. The summed E-state index contributed by atoms with van der Waals surface area (Å²) in [5, 5.41) is 14.7. The Labute approximate surface area is 185 Å². The molecule has 30 heavy (non-hydrogen) atoms. The van der Waals surface area contributed by atoms with E-state index in [2.05, 4.69) is 36.8 Å². The SMILES string of the molecule is COc1ccc(C(=O)Nc2nnc(CCNC(=O)c3cccc(Br)c3)s2)c(OC)c1. The Morgan fingerprint density at radius 1 is 1.07 bits per heavy atom. The van der Waals surface area contributed by atoms with Crippen molar-refractivity contribution < 1.29 is 19.1 Å². The lowest BCUT2D eigenvalue weighted by Gasteiger charge is -2.09. The van der Waals surface area contributed by atoms with Gasteiger partial charge in [-0.05, 0) is 30.3 Å². The van der Waals surface area contributed by atoms with E-state index in [0.717, 1.165) is 4.47 Å². The van der Waals surface area contributed by atoms with Crippen molar-refractivity contribution in [1.29, 1.82) is 0 Å². The van der Waals surface area contributed by atoms with Crippen LogP contribution in [0.1, 0.15) is 25.7 Å². The van der Waals surface area contributed by atoms with Crippen molar-refractivity contribution in [3.05, 3.63) is 63.1 Å². The Morgan fingerprint density at radius 2 is 1.90 bits per heavy atom. The normalized spacial score (nSPS) is 10.4. The van der Waals surface area contributed by atoms with Crippen LogP contribution in [-0.2, 0) is 6.42 Å². The van der Waals surface area contributed by atoms with Gasteiger partial charge in [0.1, 0.15) is 16.5 Å². The van der Waals surface area contributed by atoms with Crippen molar-refractivity contribution >= 4 is 44.2 Å². The topological polar surface area (TPSA) is 102 Å². The number of aromatic nitrogens is 2. The van der Waals surface area contributed by atoms with Gasteiger partial charge in [0.05, 0.1) is 19.8 Å². The number of anilines is 1. The van der Waals surface area contributed by atoms with Gasteiger partial charge in [-0.2, -0.15) is 0 Å². The minimum absolute atomic E-state index is 0.166. The first kappa shape index (κ1) is 21.7. The number of rotatable bonds is 8. The first-order chi connectivity index (χ1) is 14.5. The average Bonchev–Trinajstić information content (AvgIpc) is 3.20. The van der Waals surface area contributed by atoms with Gasteiger partial charge in [0.2, 0.25) is 5.13 Å². The molecular weight excluding hydrogens is 472 g/mol. The van der Waals surface area contributed by atoms with Crippen LogP contribution in [-0.4, -0.2) is 42.8 Å². The lowest BCUT2D eigenvalue weighted by molar-refractivity contribution is 0.0953. The molecule has 10 heteroatoms. The number of nitrogens with one attached hydrogen (secondary N) is 2. The number of halogens is 1. The summed E-state index contributed by atoms with van der Waals surface area (Å²) in [7, 11) is 3.02. The second-order valence-corrected chi connectivity index (χ2v) is 8.02. The highest BCUT2D eigenvalue weighted by molar-refractivity contribution is 9.10. The second-order valence-electron chi connectivity index (χ2n) is 6.04. The van der Waals surface area contributed by atoms with Crippen LogP contribution in [0, 0.1) is 0 Å². The fourth-order valence-electron chi connectivity index (χ4n) is 2.57. The summed E-state index contributed by atoms with van der Waals surface area (Å²) in [5.41, 5.74) is 0.930. The Hall–Kier alpha value is -2.98. The number of ether oxygens (including phenoxy) is 2. The van der Waals surface area contributed by atoms with Crippen LogP contribution < -0.4 is 20.1 Å². The van der Waals surface area contributed by atoms with Gasteiger partial charge >= 0.3 is 0 Å². The zero-order valence-electron chi connectivity index (χ0n) is 16.3. The molecule has 0 spiro atoms. The van der Waals surface area contributed by atoms with Gasteiger partial charge in [-0.25, -0.2) is 0 Å². The molecule has 0 saturated carbocycles. The molecule has 2 aromatic carbocycles. The van der Waals surface area contributed by atoms with Gasteiger partial charge < -0.3 is 14.8 Å². The Balaban J connectivity index is 1.55. The first-order valence-corrected chi connectivity index (χ1v) is 10.5. The molecule has 3 rings (SSSR count). The summed E-state index contributed by atoms with van der Waals surface area (Å²) in [6, 6.07) is 12.1. The number of hydrogen-bond acceptors (Lipinski definition) is 7. The molecule has 0 fully saturated rings. The van der Waals surface area contributed by atoms with E-state index >= 15 is 0 Å². The number of hydrogen-bond donors (Lipinski definition) is 2. The van der Waals surface area contributed by atoms with Crippen LogP contribution in [0.4, 0.5) is 5.13 Å². The molecule has 0 aliphatic carbocycles. The van der Waals surface area contributed by atoms with E-state index < -0.39 is 0 Å². The summed E-state index contributed by atoms with van der Waals surface area (Å²) < 4.78 is 11.2. The highest BCUT2D eigenvalue weighted by Gasteiger charge is 2.16. The van der Waals surface area contributed by atoms with E-state index in [9.17, 15) is 9.59 Å². The third-order valence-electron chi connectivity index (χ3n) is 4.05. The summed E-state index contributed by atoms with van der Waals surface area (Å²) in [4.78, 5) is 24.7. The number of carbonyl (C=O) groups excluding carboxylic acids is 2. The number of carbonyl (C=O) groups is 2. The van der Waals surface area contributed by atoms with Gasteiger partial charge in [-0.15, -0.1) is 10.2 Å². The van der Waals surface area contributed by atoms with Gasteiger partial charge in [0.15, 0.2) is 0 Å². The van der Waals surface area contributed by atoms with Crippen molar-refractivity contribution in [2.75, 3.05) is 26.1 Å². The summed E-state index contributed by atoms with van der Waals surface area (Å²) >= 11 is 4.59. The molecule has 3 aromatic rings. The standard InChI is InChI=1S/C20H19BrN4O4S/c1-28-14-6-7-15(16(11-14)29-2)19(27)23-20-25-24-17(30-20)8-9-22-18(26)12-4-3-5-13(21)10-12/h3-7,10-11H,8-9H2,1-2H3,(H,22,26)(H,23,25,27). The average molecular weight is 491 g/mol. The molecule has 2 N–H and O–H groups in total. The number of methoxy groups -OCH3 is 2. The van der Waals surface area contributed by atoms with Crippen LogP contribution in [0.2, 0.25) is 0 Å². The largest absolute Gasteiger partial charge is 0.497 e. The van der Waals surface area contributed by atoms with Gasteiger partial charge in [0, 0.05) is 29.1 Å². The highest BCUT2D eigenvalue weighted by Crippen LogP contribution is 2.26. The summed E-state index contributed by atoms with van der Waals surface area (Å²) in [5.74, 6) is 0.458. The molecule has 0 unspecified atom stereocenters. The maximum atomic E-state index is 12.5. The zero-order valence-corrected chi connectivity index (χ0v) is 18.7. The fraction of sp³-hybridized carbons (Fsp3) is 0.200. The van der Waals surface area contributed by atoms with Crippen molar-refractivity contribution in [3.8, 4) is 11.5 Å². The smallest absolute Gasteiger partial charge is 0.261 e. The molecule has 0 atom stereocenters. The van der Waals surface area contributed by atoms with Crippen molar-refractivity contribution in [3.63, 3.8) is 0 Å². The van der Waals surface area contributed by atoms with Crippen LogP contribution in [0.3, 0.4) is 0 Å². The Kier molecular flexibility index (Phi) is 7.36. The third kappa shape index (κ3) is 5.55. The quantitative estimate of drug-likeness (QED) is 0.500. The summed E-state index contributed by atoms with van der Waals surface area (Å²) in [6.45, 7) is 0.403. The molecule has 0 saturated heterocycles. The third-order valence-corrected chi connectivity index (χ3v) is 5.44. The van der Waals surface area contributed by atoms with E-state index in [1.54, 1.807) is 43.5 Å². The van der Waals surface area contributed by atoms with Crippen molar-refractivity contribution in [2.45, 2.75) is 6.42 Å². The number of nitrogens with zero attached hydrogens (tertiary/aromatic N) is 2. The Bertz CT molecular complexity index is 1060. The maximum absolute atomic E-state index is 12.5. The molecular formula is C20H19BrN4O4S. The number of benzene rings is 2. The molecule has 0 bridgehead atoms. The molecule has 2 amide bonds. The fourth-order valence-corrected chi connectivity index (χ4v) is 3.70. The van der Waals surface area contributed by atoms with Crippen LogP contribution in [0.15, 0.2) is 46.9 Å². The van der Waals surface area contributed by atoms with E-state index in [1.165, 1.54) is 18.4 Å². The van der Waals surface area contributed by atoms with Crippen LogP contribution in [0.5, 0.6) is 11.5 Å². The first-order valence-electron chi connectivity index (χ1n) is 8.89. The molecule has 0 aliphatic rings. The maximum Gasteiger partial charge on any atom is 0.261 e. The van der Waals surface area contributed by atoms with Crippen molar-refractivity contribution in [2.24, 2.45) is 0 Å². The lowest BCUT2D eigenvalue weighted by atomic mass is 10.2. The number of amides is 2. The minimum Gasteiger partial charge on any atom is -0.497 e. The second kappa shape index (κ2) is 10.2. The predicted octanol–water partition coefficient (Wildman–Crippen LogP) is 3.54. The molecule has 1 heterocycles. The predicted molar refractivity (Wildman–Crippen MR) is 118 cm³/mol. The lowest BCUT2D eigenvalue weighted by Crippen LogP contribution is -2.25. The molecule has 1 aromatic heterocycles. The van der Waals surface area contributed by atoms with E-state index in [1.807, 2.05) is 6.07 Å². The van der Waals surface area contributed by atoms with Gasteiger partial charge in [-0.3, -0.25) is 14.9 Å². The highest BCUT2D eigenvalue weighted by atomic mass is 79.9. The van der Waals surface area contributed by atoms with Crippen LogP contribution in [0.25, 0.3) is 0 Å². The minimum atomic E-state index is -0.361.